The number of aliphatic hydroxyl groups excluding tert-OH is 1. The van der Waals surface area contributed by atoms with Crippen LogP contribution in [0.25, 0.3) is 0 Å². The van der Waals surface area contributed by atoms with Crippen molar-refractivity contribution in [3.63, 3.8) is 0 Å². The molecule has 0 saturated carbocycles. The molecule has 0 amide bonds. The van der Waals surface area contributed by atoms with Gasteiger partial charge in [-0.1, -0.05) is 43.7 Å². The molecular formula is C18H28N2O2. The molecule has 4 nitrogen and oxygen atoms in total. The number of piperidine rings is 1. The second kappa shape index (κ2) is 6.67. The first-order valence-corrected chi connectivity index (χ1v) is 8.54. The Morgan fingerprint density at radius 1 is 1.23 bits per heavy atom. The van der Waals surface area contributed by atoms with Crippen LogP contribution in [-0.2, 0) is 0 Å². The van der Waals surface area contributed by atoms with Gasteiger partial charge < -0.3 is 10.2 Å². The summed E-state index contributed by atoms with van der Waals surface area (Å²) < 4.78 is 0. The van der Waals surface area contributed by atoms with Crippen molar-refractivity contribution in [3.05, 3.63) is 35.9 Å². The lowest BCUT2D eigenvalue weighted by atomic mass is 9.79. The van der Waals surface area contributed by atoms with Crippen LogP contribution >= 0.6 is 0 Å². The van der Waals surface area contributed by atoms with Crippen molar-refractivity contribution in [2.75, 3.05) is 32.8 Å². The van der Waals surface area contributed by atoms with Gasteiger partial charge in [0.1, 0.15) is 5.60 Å². The predicted molar refractivity (Wildman–Crippen MR) is 87.7 cm³/mol. The van der Waals surface area contributed by atoms with Gasteiger partial charge in [-0.3, -0.25) is 9.80 Å². The Balaban J connectivity index is 1.80. The summed E-state index contributed by atoms with van der Waals surface area (Å²) in [5, 5.41) is 21.0. The Kier molecular flexibility index (Phi) is 4.83. The SMILES string of the molecule is CCN1CC(O)(C2CCCCN2C(CO)c2ccccc2)C1. The third-order valence-electron chi connectivity index (χ3n) is 5.36. The topological polar surface area (TPSA) is 46.9 Å². The molecule has 2 unspecified atom stereocenters. The van der Waals surface area contributed by atoms with E-state index in [1.165, 1.54) is 6.42 Å². The van der Waals surface area contributed by atoms with Crippen LogP contribution in [0.15, 0.2) is 30.3 Å². The maximum absolute atomic E-state index is 11.0. The Hall–Kier alpha value is -0.940. The van der Waals surface area contributed by atoms with E-state index in [4.69, 9.17) is 0 Å². The fraction of sp³-hybridized carbons (Fsp3) is 0.667. The highest BCUT2D eigenvalue weighted by Gasteiger charge is 2.50. The van der Waals surface area contributed by atoms with Gasteiger partial charge in [0.25, 0.3) is 0 Å². The summed E-state index contributed by atoms with van der Waals surface area (Å²) >= 11 is 0. The van der Waals surface area contributed by atoms with Crippen LogP contribution in [-0.4, -0.2) is 64.4 Å². The van der Waals surface area contributed by atoms with Crippen molar-refractivity contribution >= 4 is 0 Å². The number of nitrogens with zero attached hydrogens (tertiary/aromatic N) is 2. The molecule has 0 aromatic heterocycles. The minimum absolute atomic E-state index is 0.00815. The third-order valence-corrected chi connectivity index (χ3v) is 5.36. The Morgan fingerprint density at radius 2 is 1.95 bits per heavy atom. The van der Waals surface area contributed by atoms with Gasteiger partial charge in [-0.2, -0.15) is 0 Å². The smallest absolute Gasteiger partial charge is 0.105 e. The third kappa shape index (κ3) is 2.93. The van der Waals surface area contributed by atoms with E-state index in [2.05, 4.69) is 28.9 Å². The Bertz CT molecular complexity index is 473. The number of hydrogen-bond donors (Lipinski definition) is 2. The van der Waals surface area contributed by atoms with Gasteiger partial charge in [-0.25, -0.2) is 0 Å². The van der Waals surface area contributed by atoms with Gasteiger partial charge in [-0.05, 0) is 31.5 Å². The number of β-amino-alcohol motifs (C(OH)–C–C–N with tert-alkyl or cyclic N) is 1. The number of benzene rings is 1. The first kappa shape index (κ1) is 15.9. The summed E-state index contributed by atoms with van der Waals surface area (Å²) in [6.45, 7) is 5.72. The van der Waals surface area contributed by atoms with E-state index in [1.54, 1.807) is 0 Å². The van der Waals surface area contributed by atoms with Crippen molar-refractivity contribution in [2.45, 2.75) is 43.9 Å². The van der Waals surface area contributed by atoms with Crippen LogP contribution < -0.4 is 0 Å². The van der Waals surface area contributed by atoms with E-state index in [1.807, 2.05) is 18.2 Å². The molecular weight excluding hydrogens is 276 g/mol. The van der Waals surface area contributed by atoms with Crippen LogP contribution in [0.5, 0.6) is 0 Å². The van der Waals surface area contributed by atoms with Crippen LogP contribution in [0.2, 0.25) is 0 Å². The minimum Gasteiger partial charge on any atom is -0.394 e. The fourth-order valence-electron chi connectivity index (χ4n) is 4.14. The van der Waals surface area contributed by atoms with Gasteiger partial charge in [0.15, 0.2) is 0 Å². The zero-order chi connectivity index (χ0) is 15.6. The summed E-state index contributed by atoms with van der Waals surface area (Å²) in [5.74, 6) is 0. The van der Waals surface area contributed by atoms with Crippen LogP contribution in [0.1, 0.15) is 37.8 Å². The molecule has 2 N–H and O–H groups in total. The number of hydrogen-bond acceptors (Lipinski definition) is 4. The normalized spacial score (nSPS) is 27.3. The van der Waals surface area contributed by atoms with Gasteiger partial charge in [0.2, 0.25) is 0 Å². The van der Waals surface area contributed by atoms with E-state index in [0.29, 0.717) is 0 Å². The van der Waals surface area contributed by atoms with Gasteiger partial charge in [0, 0.05) is 19.1 Å². The lowest BCUT2D eigenvalue weighted by Crippen LogP contribution is -2.71. The summed E-state index contributed by atoms with van der Waals surface area (Å²) in [5.41, 5.74) is 0.533. The molecule has 0 radical (unpaired) electrons. The highest BCUT2D eigenvalue weighted by molar-refractivity contribution is 5.20. The van der Waals surface area contributed by atoms with Gasteiger partial charge in [-0.15, -0.1) is 0 Å². The first-order chi connectivity index (χ1) is 10.7. The molecule has 22 heavy (non-hydrogen) atoms. The lowest BCUT2D eigenvalue weighted by Gasteiger charge is -2.56. The molecule has 3 rings (SSSR count). The summed E-state index contributed by atoms with van der Waals surface area (Å²) in [7, 11) is 0. The monoisotopic (exact) mass is 304 g/mol. The predicted octanol–water partition coefficient (Wildman–Crippen LogP) is 1.64. The molecule has 2 atom stereocenters. The van der Waals surface area contributed by atoms with Crippen molar-refractivity contribution in [1.82, 2.24) is 9.80 Å². The largest absolute Gasteiger partial charge is 0.394 e. The molecule has 2 heterocycles. The van der Waals surface area contributed by atoms with Crippen molar-refractivity contribution in [2.24, 2.45) is 0 Å². The first-order valence-electron chi connectivity index (χ1n) is 8.54. The van der Waals surface area contributed by atoms with Crippen LogP contribution in [0, 0.1) is 0 Å². The Morgan fingerprint density at radius 3 is 2.59 bits per heavy atom. The zero-order valence-electron chi connectivity index (χ0n) is 13.5. The van der Waals surface area contributed by atoms with E-state index in [-0.39, 0.29) is 18.7 Å². The molecule has 1 aromatic carbocycles. The highest BCUT2D eigenvalue weighted by atomic mass is 16.3. The van der Waals surface area contributed by atoms with E-state index in [0.717, 1.165) is 44.6 Å². The van der Waals surface area contributed by atoms with Gasteiger partial charge >= 0.3 is 0 Å². The second-order valence-corrected chi connectivity index (χ2v) is 6.77. The number of likely N-dealkylation sites (N-methyl/N-ethyl adjacent to an activating group) is 1. The molecule has 0 bridgehead atoms. The van der Waals surface area contributed by atoms with Gasteiger partial charge in [0.05, 0.1) is 12.6 Å². The highest BCUT2D eigenvalue weighted by Crippen LogP contribution is 2.37. The quantitative estimate of drug-likeness (QED) is 0.868. The molecule has 122 valence electrons. The van der Waals surface area contributed by atoms with Crippen molar-refractivity contribution in [3.8, 4) is 0 Å². The molecule has 2 aliphatic heterocycles. The molecule has 1 aromatic rings. The molecule has 4 heteroatoms. The molecule has 0 aliphatic carbocycles. The van der Waals surface area contributed by atoms with Crippen molar-refractivity contribution in [1.29, 1.82) is 0 Å². The zero-order valence-corrected chi connectivity index (χ0v) is 13.5. The van der Waals surface area contributed by atoms with E-state index >= 15 is 0 Å². The second-order valence-electron chi connectivity index (χ2n) is 6.77. The lowest BCUT2D eigenvalue weighted by molar-refractivity contribution is -0.162. The minimum atomic E-state index is -0.612. The molecule has 2 aliphatic rings. The summed E-state index contributed by atoms with van der Waals surface area (Å²) in [4.78, 5) is 4.63. The molecule has 0 spiro atoms. The van der Waals surface area contributed by atoms with E-state index < -0.39 is 5.60 Å². The maximum atomic E-state index is 11.0. The average molecular weight is 304 g/mol. The number of likely N-dealkylation sites (tertiary alicyclic amines) is 2. The van der Waals surface area contributed by atoms with Crippen LogP contribution in [0.3, 0.4) is 0 Å². The molecule has 2 fully saturated rings. The standard InChI is InChI=1S/C18H28N2O2/c1-2-19-13-18(22,14-19)17-10-6-7-11-20(17)16(12-21)15-8-4-3-5-9-15/h3-5,8-9,16-17,21-22H,2,6-7,10-14H2,1H3. The maximum Gasteiger partial charge on any atom is 0.105 e. The number of aliphatic hydroxyl groups is 2. The number of rotatable bonds is 5. The summed E-state index contributed by atoms with van der Waals surface area (Å²) in [6.07, 6.45) is 3.34. The summed E-state index contributed by atoms with van der Waals surface area (Å²) in [6, 6.07) is 10.4. The molecule has 2 saturated heterocycles. The fourth-order valence-corrected chi connectivity index (χ4v) is 4.14. The van der Waals surface area contributed by atoms with E-state index in [9.17, 15) is 10.2 Å². The average Bonchev–Trinajstić information content (AvgIpc) is 2.54. The van der Waals surface area contributed by atoms with Crippen LogP contribution in [0.4, 0.5) is 0 Å². The van der Waals surface area contributed by atoms with Crippen molar-refractivity contribution < 1.29 is 10.2 Å². The Labute approximate surface area is 133 Å².